The summed E-state index contributed by atoms with van der Waals surface area (Å²) in [6.07, 6.45) is 9.11. The Kier molecular flexibility index (Phi) is 3.77. The summed E-state index contributed by atoms with van der Waals surface area (Å²) in [5.41, 5.74) is 1.34. The Labute approximate surface area is 118 Å². The zero-order valence-electron chi connectivity index (χ0n) is 11.8. The average Bonchev–Trinajstić information content (AvgIpc) is 3.27. The molecule has 2 aliphatic carbocycles. The van der Waals surface area contributed by atoms with Gasteiger partial charge in [-0.05, 0) is 55.2 Å². The van der Waals surface area contributed by atoms with Crippen LogP contribution in [0.4, 0.5) is 8.78 Å². The summed E-state index contributed by atoms with van der Waals surface area (Å²) in [4.78, 5) is 0. The Balaban J connectivity index is 1.76. The van der Waals surface area contributed by atoms with Gasteiger partial charge in [0.15, 0.2) is 11.6 Å². The molecule has 1 fully saturated rings. The van der Waals surface area contributed by atoms with E-state index in [1.807, 2.05) is 0 Å². The van der Waals surface area contributed by atoms with Crippen LogP contribution in [-0.4, -0.2) is 7.11 Å². The Morgan fingerprint density at radius 1 is 1.10 bits per heavy atom. The van der Waals surface area contributed by atoms with Crippen molar-refractivity contribution in [2.45, 2.75) is 38.5 Å². The van der Waals surface area contributed by atoms with Gasteiger partial charge in [0.1, 0.15) is 0 Å². The first-order chi connectivity index (χ1) is 9.69. The van der Waals surface area contributed by atoms with E-state index in [0.29, 0.717) is 5.56 Å². The SMILES string of the molecule is COc1ccc(C2=CCC(CC3CC3)CC2)c(F)c1F. The van der Waals surface area contributed by atoms with Crippen LogP contribution in [0.1, 0.15) is 44.1 Å². The van der Waals surface area contributed by atoms with Gasteiger partial charge in [-0.3, -0.25) is 0 Å². The van der Waals surface area contributed by atoms with E-state index in [2.05, 4.69) is 6.08 Å². The number of allylic oxidation sites excluding steroid dienone is 2. The fraction of sp³-hybridized carbons (Fsp3) is 0.529. The van der Waals surface area contributed by atoms with Crippen LogP contribution >= 0.6 is 0 Å². The molecule has 0 spiro atoms. The summed E-state index contributed by atoms with van der Waals surface area (Å²) in [5.74, 6) is -0.0287. The van der Waals surface area contributed by atoms with Gasteiger partial charge in [0.2, 0.25) is 5.82 Å². The molecule has 20 heavy (non-hydrogen) atoms. The van der Waals surface area contributed by atoms with Crippen molar-refractivity contribution in [1.82, 2.24) is 0 Å². The molecular weight excluding hydrogens is 258 g/mol. The molecule has 0 aliphatic heterocycles. The third-order valence-corrected chi connectivity index (χ3v) is 4.50. The van der Waals surface area contributed by atoms with Crippen molar-refractivity contribution in [3.05, 3.63) is 35.4 Å². The maximum atomic E-state index is 14.1. The summed E-state index contributed by atoms with van der Waals surface area (Å²) in [6.45, 7) is 0. The van der Waals surface area contributed by atoms with Crippen LogP contribution in [0.2, 0.25) is 0 Å². The van der Waals surface area contributed by atoms with Crippen LogP contribution in [0.25, 0.3) is 5.57 Å². The predicted molar refractivity (Wildman–Crippen MR) is 75.6 cm³/mol. The van der Waals surface area contributed by atoms with Crippen molar-refractivity contribution in [2.75, 3.05) is 7.11 Å². The topological polar surface area (TPSA) is 9.23 Å². The summed E-state index contributed by atoms with van der Waals surface area (Å²) in [5, 5.41) is 0. The van der Waals surface area contributed by atoms with E-state index >= 15 is 0 Å². The first-order valence-corrected chi connectivity index (χ1v) is 7.40. The van der Waals surface area contributed by atoms with Crippen molar-refractivity contribution in [1.29, 1.82) is 0 Å². The number of hydrogen-bond donors (Lipinski definition) is 0. The number of methoxy groups -OCH3 is 1. The molecule has 1 aromatic carbocycles. The second-order valence-corrected chi connectivity index (χ2v) is 5.99. The third kappa shape index (κ3) is 2.72. The van der Waals surface area contributed by atoms with Gasteiger partial charge < -0.3 is 4.74 Å². The number of hydrogen-bond acceptors (Lipinski definition) is 1. The second-order valence-electron chi connectivity index (χ2n) is 5.99. The largest absolute Gasteiger partial charge is 0.494 e. The highest BCUT2D eigenvalue weighted by atomic mass is 19.2. The van der Waals surface area contributed by atoms with Gasteiger partial charge in [0, 0.05) is 5.56 Å². The summed E-state index contributed by atoms with van der Waals surface area (Å²) < 4.78 is 32.6. The first-order valence-electron chi connectivity index (χ1n) is 7.40. The smallest absolute Gasteiger partial charge is 0.201 e. The molecule has 1 unspecified atom stereocenters. The first kappa shape index (κ1) is 13.6. The lowest BCUT2D eigenvalue weighted by molar-refractivity contribution is 0.371. The standard InChI is InChI=1S/C17H20F2O/c1-20-15-9-8-14(16(18)17(15)19)13-6-4-12(5-7-13)10-11-2-3-11/h6,8-9,11-12H,2-5,7,10H2,1H3. The van der Waals surface area contributed by atoms with Crippen molar-refractivity contribution in [3.8, 4) is 5.75 Å². The maximum absolute atomic E-state index is 14.1. The van der Waals surface area contributed by atoms with Crippen LogP contribution in [0.15, 0.2) is 18.2 Å². The Morgan fingerprint density at radius 2 is 1.90 bits per heavy atom. The third-order valence-electron chi connectivity index (χ3n) is 4.50. The molecule has 3 heteroatoms. The van der Waals surface area contributed by atoms with E-state index in [0.717, 1.165) is 36.7 Å². The predicted octanol–water partition coefficient (Wildman–Crippen LogP) is 4.96. The van der Waals surface area contributed by atoms with E-state index in [4.69, 9.17) is 4.74 Å². The van der Waals surface area contributed by atoms with Gasteiger partial charge in [-0.2, -0.15) is 4.39 Å². The zero-order valence-corrected chi connectivity index (χ0v) is 11.8. The molecule has 0 N–H and O–H groups in total. The average molecular weight is 278 g/mol. The summed E-state index contributed by atoms with van der Waals surface area (Å²) >= 11 is 0. The number of ether oxygens (including phenoxy) is 1. The van der Waals surface area contributed by atoms with Crippen LogP contribution in [0.3, 0.4) is 0 Å². The number of benzene rings is 1. The summed E-state index contributed by atoms with van der Waals surface area (Å²) in [6, 6.07) is 3.13. The zero-order chi connectivity index (χ0) is 14.1. The fourth-order valence-corrected chi connectivity index (χ4v) is 3.11. The van der Waals surface area contributed by atoms with Crippen molar-refractivity contribution < 1.29 is 13.5 Å². The molecule has 1 nitrogen and oxygen atoms in total. The van der Waals surface area contributed by atoms with Gasteiger partial charge in [-0.25, -0.2) is 4.39 Å². The monoisotopic (exact) mass is 278 g/mol. The molecule has 3 rings (SSSR count). The van der Waals surface area contributed by atoms with Crippen LogP contribution in [-0.2, 0) is 0 Å². The second kappa shape index (κ2) is 5.55. The highest BCUT2D eigenvalue weighted by molar-refractivity contribution is 5.67. The Morgan fingerprint density at radius 3 is 2.50 bits per heavy atom. The summed E-state index contributed by atoms with van der Waals surface area (Å²) in [7, 11) is 1.35. The molecule has 0 radical (unpaired) electrons. The van der Waals surface area contributed by atoms with Crippen LogP contribution in [0.5, 0.6) is 5.75 Å². The van der Waals surface area contributed by atoms with Gasteiger partial charge in [0.05, 0.1) is 7.11 Å². The molecular formula is C17H20F2O. The lowest BCUT2D eigenvalue weighted by Crippen LogP contribution is -2.07. The highest BCUT2D eigenvalue weighted by Gasteiger charge is 2.27. The van der Waals surface area contributed by atoms with E-state index in [-0.39, 0.29) is 5.75 Å². The highest BCUT2D eigenvalue weighted by Crippen LogP contribution is 2.41. The molecule has 108 valence electrons. The Bertz CT molecular complexity index is 532. The normalized spacial score (nSPS) is 22.6. The van der Waals surface area contributed by atoms with Crippen LogP contribution < -0.4 is 4.74 Å². The van der Waals surface area contributed by atoms with E-state index in [1.165, 1.54) is 32.4 Å². The van der Waals surface area contributed by atoms with Crippen molar-refractivity contribution in [2.24, 2.45) is 11.8 Å². The minimum Gasteiger partial charge on any atom is -0.494 e. The molecule has 1 aromatic rings. The van der Waals surface area contributed by atoms with E-state index in [1.54, 1.807) is 6.07 Å². The Hall–Kier alpha value is -1.38. The van der Waals surface area contributed by atoms with Crippen molar-refractivity contribution in [3.63, 3.8) is 0 Å². The quantitative estimate of drug-likeness (QED) is 0.756. The molecule has 1 saturated carbocycles. The molecule has 0 aromatic heterocycles. The molecule has 0 heterocycles. The van der Waals surface area contributed by atoms with Gasteiger partial charge in [-0.15, -0.1) is 0 Å². The van der Waals surface area contributed by atoms with Gasteiger partial charge >= 0.3 is 0 Å². The molecule has 2 aliphatic rings. The lowest BCUT2D eigenvalue weighted by Gasteiger charge is -2.22. The number of rotatable bonds is 4. The van der Waals surface area contributed by atoms with Gasteiger partial charge in [-0.1, -0.05) is 18.9 Å². The molecule has 1 atom stereocenters. The van der Waals surface area contributed by atoms with E-state index in [9.17, 15) is 8.78 Å². The minimum atomic E-state index is -0.883. The lowest BCUT2D eigenvalue weighted by atomic mass is 9.83. The van der Waals surface area contributed by atoms with Gasteiger partial charge in [0.25, 0.3) is 0 Å². The maximum Gasteiger partial charge on any atom is 0.201 e. The number of halogens is 2. The fourth-order valence-electron chi connectivity index (χ4n) is 3.11. The van der Waals surface area contributed by atoms with E-state index < -0.39 is 11.6 Å². The van der Waals surface area contributed by atoms with Crippen LogP contribution in [0, 0.1) is 23.5 Å². The molecule has 0 amide bonds. The minimum absolute atomic E-state index is 0.0331. The molecule has 0 saturated heterocycles. The molecule has 0 bridgehead atoms. The van der Waals surface area contributed by atoms with Crippen molar-refractivity contribution >= 4 is 5.57 Å².